The van der Waals surface area contributed by atoms with E-state index in [-0.39, 0.29) is 31.3 Å². The fraction of sp³-hybridized carbons (Fsp3) is 0.857. The lowest BCUT2D eigenvalue weighted by molar-refractivity contribution is -0.286. The molecule has 6 heteroatoms. The SMILES string of the molecule is CCC(=O)OCC(C)(COC(=O)CC)CC(CC)OO. The van der Waals surface area contributed by atoms with E-state index in [9.17, 15) is 9.59 Å². The Morgan fingerprint density at radius 1 is 1.05 bits per heavy atom. The van der Waals surface area contributed by atoms with Gasteiger partial charge in [-0.2, -0.15) is 0 Å². The van der Waals surface area contributed by atoms with Gasteiger partial charge in [0.25, 0.3) is 0 Å². The topological polar surface area (TPSA) is 82.1 Å². The maximum Gasteiger partial charge on any atom is 0.305 e. The van der Waals surface area contributed by atoms with Gasteiger partial charge in [0, 0.05) is 18.3 Å². The molecule has 0 aromatic rings. The average molecular weight is 290 g/mol. The molecule has 0 aliphatic carbocycles. The Labute approximate surface area is 120 Å². The summed E-state index contributed by atoms with van der Waals surface area (Å²) in [7, 11) is 0. The molecule has 0 amide bonds. The van der Waals surface area contributed by atoms with Crippen LogP contribution in [0.4, 0.5) is 0 Å². The number of ether oxygens (including phenoxy) is 2. The smallest absolute Gasteiger partial charge is 0.305 e. The molecule has 0 aliphatic heterocycles. The van der Waals surface area contributed by atoms with Crippen LogP contribution in [0.15, 0.2) is 0 Å². The normalized spacial score (nSPS) is 12.8. The number of esters is 2. The van der Waals surface area contributed by atoms with E-state index in [0.29, 0.717) is 25.7 Å². The summed E-state index contributed by atoms with van der Waals surface area (Å²) in [4.78, 5) is 26.9. The van der Waals surface area contributed by atoms with Crippen LogP contribution in [0.5, 0.6) is 0 Å². The molecule has 118 valence electrons. The largest absolute Gasteiger partial charge is 0.465 e. The van der Waals surface area contributed by atoms with Gasteiger partial charge in [0.05, 0.1) is 19.3 Å². The van der Waals surface area contributed by atoms with Gasteiger partial charge in [0.15, 0.2) is 0 Å². The maximum atomic E-state index is 11.3. The highest BCUT2D eigenvalue weighted by molar-refractivity contribution is 5.69. The number of carbonyl (C=O) groups excluding carboxylic acids is 2. The lowest BCUT2D eigenvalue weighted by atomic mass is 9.85. The molecule has 20 heavy (non-hydrogen) atoms. The first-order valence-corrected chi connectivity index (χ1v) is 7.02. The molecule has 1 atom stereocenters. The van der Waals surface area contributed by atoms with Gasteiger partial charge < -0.3 is 9.47 Å². The average Bonchev–Trinajstić information content (AvgIpc) is 2.48. The van der Waals surface area contributed by atoms with Gasteiger partial charge in [-0.15, -0.1) is 0 Å². The van der Waals surface area contributed by atoms with Crippen molar-refractivity contribution in [3.8, 4) is 0 Å². The monoisotopic (exact) mass is 290 g/mol. The molecule has 6 nitrogen and oxygen atoms in total. The molecule has 0 bridgehead atoms. The molecule has 0 aromatic carbocycles. The molecule has 1 N–H and O–H groups in total. The van der Waals surface area contributed by atoms with Crippen molar-refractivity contribution in [3.05, 3.63) is 0 Å². The van der Waals surface area contributed by atoms with Crippen LogP contribution in [-0.4, -0.2) is 36.5 Å². The number of rotatable bonds is 10. The molecule has 0 radical (unpaired) electrons. The van der Waals surface area contributed by atoms with Crippen LogP contribution in [0.3, 0.4) is 0 Å². The Balaban J connectivity index is 4.63. The second-order valence-electron chi connectivity index (χ2n) is 5.18. The maximum absolute atomic E-state index is 11.3. The zero-order chi connectivity index (χ0) is 15.6. The van der Waals surface area contributed by atoms with Gasteiger partial charge in [-0.1, -0.05) is 27.7 Å². The van der Waals surface area contributed by atoms with Gasteiger partial charge >= 0.3 is 11.9 Å². The lowest BCUT2D eigenvalue weighted by Crippen LogP contribution is -2.35. The second-order valence-corrected chi connectivity index (χ2v) is 5.18. The van der Waals surface area contributed by atoms with Gasteiger partial charge in [0.2, 0.25) is 0 Å². The van der Waals surface area contributed by atoms with Crippen molar-refractivity contribution in [1.82, 2.24) is 0 Å². The minimum Gasteiger partial charge on any atom is -0.465 e. The number of carbonyl (C=O) groups is 2. The molecule has 0 fully saturated rings. The van der Waals surface area contributed by atoms with Crippen molar-refractivity contribution in [3.63, 3.8) is 0 Å². The van der Waals surface area contributed by atoms with Crippen LogP contribution < -0.4 is 0 Å². The number of hydrogen-bond donors (Lipinski definition) is 1. The second kappa shape index (κ2) is 9.72. The summed E-state index contributed by atoms with van der Waals surface area (Å²) >= 11 is 0. The van der Waals surface area contributed by atoms with Crippen LogP contribution in [0.1, 0.15) is 53.4 Å². The summed E-state index contributed by atoms with van der Waals surface area (Å²) in [5.74, 6) is -0.619. The summed E-state index contributed by atoms with van der Waals surface area (Å²) in [5, 5.41) is 8.82. The van der Waals surface area contributed by atoms with Crippen molar-refractivity contribution in [2.45, 2.75) is 59.5 Å². The van der Waals surface area contributed by atoms with E-state index in [1.165, 1.54) is 0 Å². The summed E-state index contributed by atoms with van der Waals surface area (Å²) in [6.45, 7) is 7.37. The van der Waals surface area contributed by atoms with Gasteiger partial charge in [-0.05, 0) is 12.8 Å². The Morgan fingerprint density at radius 2 is 1.50 bits per heavy atom. The van der Waals surface area contributed by atoms with Gasteiger partial charge in [0.1, 0.15) is 0 Å². The van der Waals surface area contributed by atoms with Crippen molar-refractivity contribution in [2.24, 2.45) is 5.41 Å². The van der Waals surface area contributed by atoms with E-state index < -0.39 is 5.41 Å². The van der Waals surface area contributed by atoms with E-state index in [0.717, 1.165) is 0 Å². The fourth-order valence-corrected chi connectivity index (χ4v) is 1.68. The van der Waals surface area contributed by atoms with E-state index >= 15 is 0 Å². The lowest BCUT2D eigenvalue weighted by Gasteiger charge is -2.30. The third-order valence-corrected chi connectivity index (χ3v) is 3.07. The van der Waals surface area contributed by atoms with Crippen LogP contribution in [0.25, 0.3) is 0 Å². The van der Waals surface area contributed by atoms with E-state index in [1.54, 1.807) is 13.8 Å². The Kier molecular flexibility index (Phi) is 9.16. The zero-order valence-electron chi connectivity index (χ0n) is 12.8. The predicted molar refractivity (Wildman–Crippen MR) is 73.0 cm³/mol. The molecular formula is C14H26O6. The van der Waals surface area contributed by atoms with Crippen LogP contribution in [0, 0.1) is 5.41 Å². The molecule has 0 aromatic heterocycles. The highest BCUT2D eigenvalue weighted by Gasteiger charge is 2.31. The first-order valence-electron chi connectivity index (χ1n) is 7.02. The summed E-state index contributed by atoms with van der Waals surface area (Å²) in [6.07, 6.45) is 1.22. The van der Waals surface area contributed by atoms with Crippen LogP contribution in [-0.2, 0) is 24.0 Å². The van der Waals surface area contributed by atoms with Crippen LogP contribution >= 0.6 is 0 Å². The molecule has 0 aliphatic rings. The molecule has 0 spiro atoms. The van der Waals surface area contributed by atoms with Gasteiger partial charge in [-0.3, -0.25) is 14.8 Å². The number of hydrogen-bond acceptors (Lipinski definition) is 6. The van der Waals surface area contributed by atoms with E-state index in [1.807, 2.05) is 13.8 Å². The molecule has 0 saturated carbocycles. The van der Waals surface area contributed by atoms with E-state index in [2.05, 4.69) is 4.89 Å². The minimum absolute atomic E-state index is 0.122. The molecule has 0 saturated heterocycles. The summed E-state index contributed by atoms with van der Waals surface area (Å²) in [6, 6.07) is 0. The molecular weight excluding hydrogens is 264 g/mol. The highest BCUT2D eigenvalue weighted by atomic mass is 17.1. The van der Waals surface area contributed by atoms with Crippen molar-refractivity contribution in [1.29, 1.82) is 0 Å². The van der Waals surface area contributed by atoms with Crippen LogP contribution in [0.2, 0.25) is 0 Å². The highest BCUT2D eigenvalue weighted by Crippen LogP contribution is 2.27. The standard InChI is InChI=1S/C14H26O6/c1-5-11(20-17)8-14(4,9-18-12(15)6-2)10-19-13(16)7-3/h11,17H,5-10H2,1-4H3. The first kappa shape index (κ1) is 18.9. The van der Waals surface area contributed by atoms with Gasteiger partial charge in [-0.25, -0.2) is 4.89 Å². The van der Waals surface area contributed by atoms with Crippen molar-refractivity contribution < 1.29 is 29.2 Å². The first-order chi connectivity index (χ1) is 9.40. The Bertz CT molecular complexity index is 278. The van der Waals surface area contributed by atoms with Crippen molar-refractivity contribution in [2.75, 3.05) is 13.2 Å². The fourth-order valence-electron chi connectivity index (χ4n) is 1.68. The zero-order valence-corrected chi connectivity index (χ0v) is 12.8. The summed E-state index contributed by atoms with van der Waals surface area (Å²) < 4.78 is 10.3. The molecule has 1 unspecified atom stereocenters. The summed E-state index contributed by atoms with van der Waals surface area (Å²) in [5.41, 5.74) is -0.584. The molecule has 0 rings (SSSR count). The third-order valence-electron chi connectivity index (χ3n) is 3.07. The minimum atomic E-state index is -0.584. The molecule has 0 heterocycles. The Morgan fingerprint density at radius 3 is 1.80 bits per heavy atom. The third kappa shape index (κ3) is 7.45. The quantitative estimate of drug-likeness (QED) is 0.378. The van der Waals surface area contributed by atoms with E-state index in [4.69, 9.17) is 14.7 Å². The Hall–Kier alpha value is -1.14. The van der Waals surface area contributed by atoms with Crippen molar-refractivity contribution >= 4 is 11.9 Å². The predicted octanol–water partition coefficient (Wildman–Crippen LogP) is 2.56.